The minimum atomic E-state index is -0.774. The fourth-order valence-electron chi connectivity index (χ4n) is 3.98. The van der Waals surface area contributed by atoms with Gasteiger partial charge in [-0.2, -0.15) is 0 Å². The number of aliphatic carboxylic acids is 1. The zero-order chi connectivity index (χ0) is 20.8. The summed E-state index contributed by atoms with van der Waals surface area (Å²) in [5.74, 6) is -0.608. The molecule has 0 amide bonds. The lowest BCUT2D eigenvalue weighted by Gasteiger charge is -2.37. The standard InChI is InChI=1S/C26H26O4/c27-24(28)17-6-2-5-13-21-18-29-26(30-25(21)20-11-3-1-4-12-20)23-16-9-14-19-10-7-8-15-22(19)23/h1-5,7-12,14-16,21,25-26H,6,13,17-18H2,(H,27,28)/b5-2-. The molecule has 154 valence electrons. The Morgan fingerprint density at radius 3 is 2.57 bits per heavy atom. The first-order valence-electron chi connectivity index (χ1n) is 10.4. The molecule has 1 aliphatic rings. The van der Waals surface area contributed by atoms with Gasteiger partial charge in [-0.15, -0.1) is 0 Å². The maximum Gasteiger partial charge on any atom is 0.303 e. The molecule has 1 N–H and O–H groups in total. The lowest BCUT2D eigenvalue weighted by molar-refractivity contribution is -0.243. The third-order valence-corrected chi connectivity index (χ3v) is 5.50. The summed E-state index contributed by atoms with van der Waals surface area (Å²) in [4.78, 5) is 10.7. The van der Waals surface area contributed by atoms with E-state index in [1.54, 1.807) is 0 Å². The Morgan fingerprint density at radius 1 is 0.967 bits per heavy atom. The van der Waals surface area contributed by atoms with Crippen LogP contribution in [0.15, 0.2) is 84.9 Å². The van der Waals surface area contributed by atoms with E-state index in [9.17, 15) is 4.79 Å². The van der Waals surface area contributed by atoms with Crippen molar-refractivity contribution in [3.8, 4) is 0 Å². The van der Waals surface area contributed by atoms with Crippen LogP contribution in [0.1, 0.15) is 42.8 Å². The van der Waals surface area contributed by atoms with Crippen LogP contribution in [-0.2, 0) is 14.3 Å². The Morgan fingerprint density at radius 2 is 1.73 bits per heavy atom. The van der Waals surface area contributed by atoms with Gasteiger partial charge in [0, 0.05) is 17.9 Å². The largest absolute Gasteiger partial charge is 0.481 e. The highest BCUT2D eigenvalue weighted by Crippen LogP contribution is 2.41. The fourth-order valence-corrected chi connectivity index (χ4v) is 3.98. The molecule has 3 atom stereocenters. The molecular weight excluding hydrogens is 376 g/mol. The highest BCUT2D eigenvalue weighted by Gasteiger charge is 2.33. The van der Waals surface area contributed by atoms with Crippen LogP contribution in [0, 0.1) is 5.92 Å². The second kappa shape index (κ2) is 9.70. The fraction of sp³-hybridized carbons (Fsp3) is 0.269. The van der Waals surface area contributed by atoms with Crippen molar-refractivity contribution in [3.05, 3.63) is 96.1 Å². The number of allylic oxidation sites excluding steroid dienone is 2. The first-order valence-corrected chi connectivity index (χ1v) is 10.4. The molecule has 0 spiro atoms. The normalized spacial score (nSPS) is 21.8. The molecule has 1 fully saturated rings. The van der Waals surface area contributed by atoms with Crippen LogP contribution < -0.4 is 0 Å². The quantitative estimate of drug-likeness (QED) is 0.489. The molecule has 4 rings (SSSR count). The SMILES string of the molecule is O=C(O)CC/C=C\CC1COC(c2cccc3ccccc23)OC1c1ccccc1. The first kappa shape index (κ1) is 20.3. The van der Waals surface area contributed by atoms with Crippen LogP contribution in [0.3, 0.4) is 0 Å². The van der Waals surface area contributed by atoms with Gasteiger partial charge in [-0.3, -0.25) is 4.79 Å². The molecule has 4 heteroatoms. The van der Waals surface area contributed by atoms with E-state index < -0.39 is 12.3 Å². The van der Waals surface area contributed by atoms with E-state index in [4.69, 9.17) is 14.6 Å². The van der Waals surface area contributed by atoms with Crippen LogP contribution in [0.25, 0.3) is 10.8 Å². The van der Waals surface area contributed by atoms with E-state index in [0.717, 1.165) is 22.9 Å². The molecule has 4 nitrogen and oxygen atoms in total. The number of rotatable bonds is 7. The molecule has 0 aliphatic carbocycles. The van der Waals surface area contributed by atoms with Crippen LogP contribution in [0.4, 0.5) is 0 Å². The van der Waals surface area contributed by atoms with Crippen molar-refractivity contribution in [2.24, 2.45) is 5.92 Å². The van der Waals surface area contributed by atoms with E-state index in [2.05, 4.69) is 42.5 Å². The number of hydrogen-bond acceptors (Lipinski definition) is 3. The van der Waals surface area contributed by atoms with Crippen LogP contribution >= 0.6 is 0 Å². The Hall–Kier alpha value is -2.95. The van der Waals surface area contributed by atoms with Gasteiger partial charge in [0.05, 0.1) is 12.7 Å². The second-order valence-electron chi connectivity index (χ2n) is 7.60. The highest BCUT2D eigenvalue weighted by atomic mass is 16.7. The summed E-state index contributed by atoms with van der Waals surface area (Å²) in [6.45, 7) is 0.580. The molecule has 30 heavy (non-hydrogen) atoms. The van der Waals surface area contributed by atoms with Gasteiger partial charge in [0.25, 0.3) is 0 Å². The average Bonchev–Trinajstić information content (AvgIpc) is 2.79. The number of ether oxygens (including phenoxy) is 2. The summed E-state index contributed by atoms with van der Waals surface area (Å²) >= 11 is 0. The summed E-state index contributed by atoms with van der Waals surface area (Å²) in [6, 6.07) is 24.7. The van der Waals surface area contributed by atoms with E-state index >= 15 is 0 Å². The zero-order valence-electron chi connectivity index (χ0n) is 16.8. The van der Waals surface area contributed by atoms with Crippen molar-refractivity contribution >= 4 is 16.7 Å². The molecule has 3 aromatic rings. The maximum atomic E-state index is 10.7. The lowest BCUT2D eigenvalue weighted by atomic mass is 9.91. The average molecular weight is 402 g/mol. The van der Waals surface area contributed by atoms with Gasteiger partial charge < -0.3 is 14.6 Å². The molecule has 1 saturated heterocycles. The monoisotopic (exact) mass is 402 g/mol. The third kappa shape index (κ3) is 4.78. The summed E-state index contributed by atoms with van der Waals surface area (Å²) < 4.78 is 12.7. The number of hydrogen-bond donors (Lipinski definition) is 1. The predicted molar refractivity (Wildman–Crippen MR) is 117 cm³/mol. The minimum absolute atomic E-state index is 0.0898. The molecule has 1 aliphatic heterocycles. The summed E-state index contributed by atoms with van der Waals surface area (Å²) in [7, 11) is 0. The second-order valence-corrected chi connectivity index (χ2v) is 7.60. The van der Waals surface area contributed by atoms with Crippen molar-refractivity contribution in [1.29, 1.82) is 0 Å². The van der Waals surface area contributed by atoms with Gasteiger partial charge >= 0.3 is 5.97 Å². The van der Waals surface area contributed by atoms with Gasteiger partial charge in [0.1, 0.15) is 0 Å². The number of benzene rings is 3. The molecule has 0 radical (unpaired) electrons. The summed E-state index contributed by atoms with van der Waals surface area (Å²) in [6.07, 6.45) is 4.95. The first-order chi connectivity index (χ1) is 14.7. The van der Waals surface area contributed by atoms with Crippen molar-refractivity contribution < 1.29 is 19.4 Å². The number of carboxylic acids is 1. The van der Waals surface area contributed by atoms with E-state index in [0.29, 0.717) is 13.0 Å². The van der Waals surface area contributed by atoms with Crippen molar-refractivity contribution in [1.82, 2.24) is 0 Å². The number of carboxylic acid groups (broad SMARTS) is 1. The summed E-state index contributed by atoms with van der Waals surface area (Å²) in [5, 5.41) is 11.1. The van der Waals surface area contributed by atoms with Gasteiger partial charge in [-0.05, 0) is 29.2 Å². The van der Waals surface area contributed by atoms with E-state index in [1.807, 2.05) is 42.5 Å². The zero-order valence-corrected chi connectivity index (χ0v) is 16.8. The van der Waals surface area contributed by atoms with Crippen LogP contribution in [0.2, 0.25) is 0 Å². The lowest BCUT2D eigenvalue weighted by Crippen LogP contribution is -2.30. The van der Waals surface area contributed by atoms with Gasteiger partial charge in [-0.25, -0.2) is 0 Å². The molecule has 0 saturated carbocycles. The third-order valence-electron chi connectivity index (χ3n) is 5.50. The number of carbonyl (C=O) groups is 1. The van der Waals surface area contributed by atoms with Crippen molar-refractivity contribution in [2.75, 3.05) is 6.61 Å². The van der Waals surface area contributed by atoms with Gasteiger partial charge in [-0.1, -0.05) is 84.9 Å². The summed E-state index contributed by atoms with van der Waals surface area (Å²) in [5.41, 5.74) is 2.18. The van der Waals surface area contributed by atoms with Gasteiger partial charge in [0.2, 0.25) is 0 Å². The van der Waals surface area contributed by atoms with Gasteiger partial charge in [0.15, 0.2) is 6.29 Å². The number of fused-ring (bicyclic) bond motifs is 1. The van der Waals surface area contributed by atoms with Crippen molar-refractivity contribution in [3.63, 3.8) is 0 Å². The molecule has 3 unspecified atom stereocenters. The Bertz CT molecular complexity index is 1010. The topological polar surface area (TPSA) is 55.8 Å². The maximum absolute atomic E-state index is 10.7. The molecule has 0 bridgehead atoms. The smallest absolute Gasteiger partial charge is 0.303 e. The Labute approximate surface area is 176 Å². The van der Waals surface area contributed by atoms with E-state index in [1.165, 1.54) is 5.39 Å². The molecular formula is C26H26O4. The van der Waals surface area contributed by atoms with Crippen LogP contribution in [-0.4, -0.2) is 17.7 Å². The van der Waals surface area contributed by atoms with E-state index in [-0.39, 0.29) is 18.4 Å². The highest BCUT2D eigenvalue weighted by molar-refractivity contribution is 5.85. The Kier molecular flexibility index (Phi) is 6.57. The minimum Gasteiger partial charge on any atom is -0.481 e. The molecule has 1 heterocycles. The molecule has 3 aromatic carbocycles. The predicted octanol–water partition coefficient (Wildman–Crippen LogP) is 6.05. The van der Waals surface area contributed by atoms with Crippen LogP contribution in [0.5, 0.6) is 0 Å². The Balaban J connectivity index is 1.55. The molecule has 0 aromatic heterocycles. The van der Waals surface area contributed by atoms with Crippen molar-refractivity contribution in [2.45, 2.75) is 31.7 Å².